The number of anilines is 1. The van der Waals surface area contributed by atoms with E-state index >= 15 is 0 Å². The predicted octanol–water partition coefficient (Wildman–Crippen LogP) is 3.34. The van der Waals surface area contributed by atoms with Crippen LogP contribution in [-0.2, 0) is 11.3 Å². The van der Waals surface area contributed by atoms with Gasteiger partial charge in [-0.1, -0.05) is 36.4 Å². The molecule has 4 rings (SSSR count). The molecular weight excluding hydrogens is 408 g/mol. The first-order valence-electron chi connectivity index (χ1n) is 9.98. The second kappa shape index (κ2) is 8.85. The molecule has 3 aromatic rings. The number of carbonyl (C=O) groups excluding carboxylic acids is 4. The molecule has 32 heavy (non-hydrogen) atoms. The lowest BCUT2D eigenvalue weighted by molar-refractivity contribution is -0.106. The summed E-state index contributed by atoms with van der Waals surface area (Å²) in [5.41, 5.74) is 2.34. The number of carbonyl (C=O) groups is 4. The van der Waals surface area contributed by atoms with E-state index < -0.39 is 0 Å². The number of amides is 3. The average molecular weight is 428 g/mol. The van der Waals surface area contributed by atoms with Crippen molar-refractivity contribution in [1.29, 1.82) is 0 Å². The van der Waals surface area contributed by atoms with Gasteiger partial charge in [-0.15, -0.1) is 0 Å². The molecule has 0 N–H and O–H groups in total. The maximum Gasteiger partial charge on any atom is 0.261 e. The van der Waals surface area contributed by atoms with Crippen molar-refractivity contribution < 1.29 is 23.9 Å². The summed E-state index contributed by atoms with van der Waals surface area (Å²) in [6.45, 7) is -0.0264. The molecule has 0 bridgehead atoms. The second-order valence-electron chi connectivity index (χ2n) is 7.19. The minimum Gasteiger partial charge on any atom is -0.495 e. The zero-order valence-corrected chi connectivity index (χ0v) is 17.4. The van der Waals surface area contributed by atoms with Gasteiger partial charge >= 0.3 is 0 Å². The summed E-state index contributed by atoms with van der Waals surface area (Å²) < 4.78 is 5.32. The maximum absolute atomic E-state index is 13.1. The third kappa shape index (κ3) is 3.76. The minimum atomic E-state index is -0.367. The largest absolute Gasteiger partial charge is 0.495 e. The Morgan fingerprint density at radius 1 is 0.906 bits per heavy atom. The normalized spacial score (nSPS) is 12.5. The minimum absolute atomic E-state index is 0.103. The second-order valence-corrected chi connectivity index (χ2v) is 7.19. The Morgan fingerprint density at radius 3 is 2.09 bits per heavy atom. The van der Waals surface area contributed by atoms with Gasteiger partial charge in [0.05, 0.1) is 37.0 Å². The highest BCUT2D eigenvalue weighted by Gasteiger charge is 2.35. The Morgan fingerprint density at radius 2 is 1.50 bits per heavy atom. The molecule has 1 aliphatic rings. The lowest BCUT2D eigenvalue weighted by Gasteiger charge is -2.22. The van der Waals surface area contributed by atoms with Crippen molar-refractivity contribution in [2.45, 2.75) is 6.54 Å². The van der Waals surface area contributed by atoms with E-state index in [2.05, 4.69) is 0 Å². The van der Waals surface area contributed by atoms with Crippen molar-refractivity contribution >= 4 is 29.7 Å². The number of ether oxygens (including phenoxy) is 1. The quantitative estimate of drug-likeness (QED) is 0.426. The Balaban J connectivity index is 1.54. The van der Waals surface area contributed by atoms with Crippen LogP contribution in [0.3, 0.4) is 0 Å². The molecule has 160 valence electrons. The van der Waals surface area contributed by atoms with E-state index in [0.29, 0.717) is 40.0 Å². The van der Waals surface area contributed by atoms with Gasteiger partial charge in [-0.25, -0.2) is 0 Å². The molecule has 0 unspecified atom stereocenters. The number of para-hydroxylation sites is 2. The topological polar surface area (TPSA) is 84.0 Å². The monoisotopic (exact) mass is 428 g/mol. The lowest BCUT2D eigenvalue weighted by atomic mass is 10.1. The van der Waals surface area contributed by atoms with E-state index in [1.54, 1.807) is 72.8 Å². The Kier molecular flexibility index (Phi) is 5.81. The van der Waals surface area contributed by atoms with Crippen molar-refractivity contribution in [1.82, 2.24) is 4.90 Å². The summed E-state index contributed by atoms with van der Waals surface area (Å²) >= 11 is 0. The van der Waals surface area contributed by atoms with Crippen LogP contribution < -0.4 is 9.64 Å². The fourth-order valence-electron chi connectivity index (χ4n) is 3.69. The molecule has 1 heterocycles. The van der Waals surface area contributed by atoms with E-state index in [4.69, 9.17) is 4.74 Å². The van der Waals surface area contributed by atoms with E-state index in [9.17, 15) is 19.2 Å². The number of hydrogen-bond acceptors (Lipinski definition) is 5. The van der Waals surface area contributed by atoms with Gasteiger partial charge in [0.2, 0.25) is 0 Å². The fraction of sp³-hybridized carbons (Fsp3) is 0.120. The van der Waals surface area contributed by atoms with E-state index in [-0.39, 0.29) is 30.8 Å². The molecule has 0 atom stereocenters. The first-order chi connectivity index (χ1) is 15.5. The third-order valence-corrected chi connectivity index (χ3v) is 5.30. The molecule has 0 aromatic heterocycles. The van der Waals surface area contributed by atoms with Crippen LogP contribution in [0, 0.1) is 0 Å². The number of rotatable bonds is 7. The smallest absolute Gasteiger partial charge is 0.261 e. The van der Waals surface area contributed by atoms with E-state index in [0.717, 1.165) is 0 Å². The van der Waals surface area contributed by atoms with E-state index in [1.807, 2.05) is 0 Å². The molecule has 0 fully saturated rings. The number of aldehydes is 1. The van der Waals surface area contributed by atoms with E-state index in [1.165, 1.54) is 16.9 Å². The highest BCUT2D eigenvalue weighted by Crippen LogP contribution is 2.29. The summed E-state index contributed by atoms with van der Waals surface area (Å²) in [5.74, 6) is -0.558. The maximum atomic E-state index is 13.1. The average Bonchev–Trinajstić information content (AvgIpc) is 3.07. The van der Waals surface area contributed by atoms with Gasteiger partial charge in [-0.3, -0.25) is 24.2 Å². The Bertz CT molecular complexity index is 1170. The molecule has 0 aliphatic carbocycles. The zero-order valence-electron chi connectivity index (χ0n) is 17.4. The molecule has 1 aliphatic heterocycles. The standard InChI is InChI=1S/C25H20N2O5/c1-32-22-9-5-4-8-21(22)26(14-15-28)23(29)18-12-10-17(11-13-18)16-27-24(30)19-6-2-3-7-20(19)25(27)31/h2-13,15H,14,16H2,1H3. The highest BCUT2D eigenvalue weighted by molar-refractivity contribution is 6.21. The number of imide groups is 1. The van der Waals surface area contributed by atoms with Crippen LogP contribution in [0.2, 0.25) is 0 Å². The van der Waals surface area contributed by atoms with Gasteiger partial charge in [-0.05, 0) is 42.0 Å². The van der Waals surface area contributed by atoms with Gasteiger partial charge < -0.3 is 9.53 Å². The number of fused-ring (bicyclic) bond motifs is 1. The van der Waals surface area contributed by atoms with Crippen LogP contribution in [0.15, 0.2) is 72.8 Å². The summed E-state index contributed by atoms with van der Waals surface area (Å²) in [6, 6.07) is 20.3. The summed E-state index contributed by atoms with van der Waals surface area (Å²) in [7, 11) is 1.50. The molecule has 3 aromatic carbocycles. The highest BCUT2D eigenvalue weighted by atomic mass is 16.5. The summed E-state index contributed by atoms with van der Waals surface area (Å²) in [4.78, 5) is 52.0. The van der Waals surface area contributed by atoms with Crippen molar-refractivity contribution in [3.05, 3.63) is 95.1 Å². The van der Waals surface area contributed by atoms with Crippen molar-refractivity contribution in [2.24, 2.45) is 0 Å². The lowest BCUT2D eigenvalue weighted by Crippen LogP contribution is -2.33. The number of hydrogen-bond donors (Lipinski definition) is 0. The van der Waals surface area contributed by atoms with Crippen molar-refractivity contribution in [3.63, 3.8) is 0 Å². The third-order valence-electron chi connectivity index (χ3n) is 5.30. The van der Waals surface area contributed by atoms with Crippen LogP contribution in [0.4, 0.5) is 5.69 Å². The van der Waals surface area contributed by atoms with Crippen LogP contribution in [-0.4, -0.2) is 42.6 Å². The Hall–Kier alpha value is -4.26. The van der Waals surface area contributed by atoms with Crippen LogP contribution in [0.25, 0.3) is 0 Å². The number of nitrogens with zero attached hydrogens (tertiary/aromatic N) is 2. The van der Waals surface area contributed by atoms with Crippen LogP contribution in [0.5, 0.6) is 5.75 Å². The fourth-order valence-corrected chi connectivity index (χ4v) is 3.69. The van der Waals surface area contributed by atoms with Crippen molar-refractivity contribution in [3.8, 4) is 5.75 Å². The van der Waals surface area contributed by atoms with Gasteiger partial charge in [-0.2, -0.15) is 0 Å². The Labute approximate surface area is 184 Å². The molecule has 3 amide bonds. The first kappa shape index (κ1) is 21.0. The molecule has 0 saturated heterocycles. The molecule has 0 spiro atoms. The molecule has 7 heteroatoms. The molecule has 0 radical (unpaired) electrons. The zero-order chi connectivity index (χ0) is 22.7. The first-order valence-corrected chi connectivity index (χ1v) is 9.98. The molecule has 0 saturated carbocycles. The number of methoxy groups -OCH3 is 1. The summed E-state index contributed by atoms with van der Waals surface area (Å²) in [5, 5.41) is 0. The van der Waals surface area contributed by atoms with Gasteiger partial charge in [0.1, 0.15) is 12.0 Å². The molecule has 7 nitrogen and oxygen atoms in total. The van der Waals surface area contributed by atoms with Gasteiger partial charge in [0, 0.05) is 5.56 Å². The van der Waals surface area contributed by atoms with Gasteiger partial charge in [0.15, 0.2) is 0 Å². The predicted molar refractivity (Wildman–Crippen MR) is 118 cm³/mol. The summed E-state index contributed by atoms with van der Waals surface area (Å²) in [6.07, 6.45) is 0.654. The number of benzene rings is 3. The van der Waals surface area contributed by atoms with Crippen molar-refractivity contribution in [2.75, 3.05) is 18.6 Å². The van der Waals surface area contributed by atoms with Crippen LogP contribution >= 0.6 is 0 Å². The van der Waals surface area contributed by atoms with Gasteiger partial charge in [0.25, 0.3) is 17.7 Å². The molecular formula is C25H20N2O5. The van der Waals surface area contributed by atoms with Crippen LogP contribution in [0.1, 0.15) is 36.6 Å². The SMILES string of the molecule is COc1ccccc1N(CC=O)C(=O)c1ccc(CN2C(=O)c3ccccc3C2=O)cc1.